The molecule has 0 bridgehead atoms. The normalized spacial score (nSPS) is 13.6. The zero-order valence-corrected chi connectivity index (χ0v) is 17.4. The van der Waals surface area contributed by atoms with Crippen LogP contribution in [-0.4, -0.2) is 4.43 Å². The minimum absolute atomic E-state index is 0.792. The summed E-state index contributed by atoms with van der Waals surface area (Å²) in [5.41, 5.74) is 1.62. The van der Waals surface area contributed by atoms with E-state index >= 15 is 0 Å². The van der Waals surface area contributed by atoms with Crippen molar-refractivity contribution in [1.82, 2.24) is 0 Å². The number of hydrogen-bond donors (Lipinski definition) is 0. The van der Waals surface area contributed by atoms with E-state index in [1.165, 1.54) is 17.3 Å². The zero-order valence-electron chi connectivity index (χ0n) is 8.92. The molecule has 1 aromatic heterocycles. The second-order valence-electron chi connectivity index (χ2n) is 4.19. The number of thiophene rings is 1. The molecule has 0 aliphatic rings. The number of alkyl halides is 1. The molecule has 0 N–H and O–H groups in total. The quantitative estimate of drug-likeness (QED) is 0.317. The Morgan fingerprint density at radius 3 is 2.71 bits per heavy atom. The van der Waals surface area contributed by atoms with Gasteiger partial charge in [-0.25, -0.2) is 0 Å². The van der Waals surface area contributed by atoms with Crippen LogP contribution in [0, 0.1) is 5.92 Å². The summed E-state index contributed by atoms with van der Waals surface area (Å²) in [7, 11) is 0. The van der Waals surface area contributed by atoms with Gasteiger partial charge in [-0.05, 0) is 0 Å². The molecule has 0 aliphatic carbocycles. The molecule has 0 aromatic carbocycles. The maximum absolute atomic E-state index is 2.53. The van der Waals surface area contributed by atoms with Crippen LogP contribution in [0.5, 0.6) is 0 Å². The fourth-order valence-corrected chi connectivity index (χ4v) is 4.76. The van der Waals surface area contributed by atoms with Crippen molar-refractivity contribution in [3.63, 3.8) is 0 Å². The van der Waals surface area contributed by atoms with Crippen molar-refractivity contribution >= 4 is 33.9 Å². The third kappa shape index (κ3) is 4.48. The third-order valence-electron chi connectivity index (χ3n) is 2.16. The van der Waals surface area contributed by atoms with Gasteiger partial charge in [0.15, 0.2) is 0 Å². The van der Waals surface area contributed by atoms with Gasteiger partial charge in [0.05, 0.1) is 0 Å². The van der Waals surface area contributed by atoms with Crippen LogP contribution < -0.4 is 0 Å². The molecule has 0 radical (unpaired) electrons. The molecular weight excluding hydrogens is 492 g/mol. The molecule has 1 heterocycles. The zero-order chi connectivity index (χ0) is 10.6. The van der Waals surface area contributed by atoms with Crippen LogP contribution in [-0.2, 0) is 39.0 Å². The SMILES string of the molecule is CC(C)Cc1ccsc1C[CH]([Hg])CI. The van der Waals surface area contributed by atoms with Gasteiger partial charge in [0, 0.05) is 0 Å². The molecule has 0 fully saturated rings. The van der Waals surface area contributed by atoms with Gasteiger partial charge in [0.2, 0.25) is 0 Å². The van der Waals surface area contributed by atoms with Crippen LogP contribution in [0.2, 0.25) is 3.43 Å². The second kappa shape index (κ2) is 6.84. The van der Waals surface area contributed by atoms with Gasteiger partial charge < -0.3 is 0 Å². The van der Waals surface area contributed by atoms with Gasteiger partial charge in [-0.15, -0.1) is 0 Å². The van der Waals surface area contributed by atoms with Crippen LogP contribution in [0.25, 0.3) is 0 Å². The summed E-state index contributed by atoms with van der Waals surface area (Å²) in [4.78, 5) is 1.66. The standard InChI is InChI=1S/C11H16IS.Hg/c1-9(2)8-10-5-7-13-11(10)4-3-6-12;/h3,5,7,9H,4,6,8H2,1-2H3;. The first-order chi connectivity index (χ1) is 6.63. The Bertz CT molecular complexity index is 270. The van der Waals surface area contributed by atoms with Crippen LogP contribution >= 0.6 is 33.9 Å². The second-order valence-corrected chi connectivity index (χ2v) is 10.6. The Hall–Kier alpha value is 1.37. The monoisotopic (exact) mass is 509 g/mol. The van der Waals surface area contributed by atoms with Crippen LogP contribution in [0.15, 0.2) is 11.4 Å². The van der Waals surface area contributed by atoms with E-state index in [1.807, 2.05) is 11.3 Å². The summed E-state index contributed by atoms with van der Waals surface area (Å²) in [6.07, 6.45) is 2.62. The summed E-state index contributed by atoms with van der Waals surface area (Å²) >= 11 is 5.42. The van der Waals surface area contributed by atoms with Gasteiger partial charge in [-0.2, -0.15) is 0 Å². The predicted octanol–water partition coefficient (Wildman–Crippen LogP) is 4.26. The van der Waals surface area contributed by atoms with Crippen LogP contribution in [0.3, 0.4) is 0 Å². The van der Waals surface area contributed by atoms with Gasteiger partial charge in [-0.3, -0.25) is 0 Å². The van der Waals surface area contributed by atoms with Crippen LogP contribution in [0.1, 0.15) is 24.3 Å². The molecule has 1 rings (SSSR count). The van der Waals surface area contributed by atoms with E-state index in [1.54, 1.807) is 10.4 Å². The molecule has 0 amide bonds. The molecule has 0 saturated carbocycles. The molecule has 0 aliphatic heterocycles. The number of halogens is 1. The van der Waals surface area contributed by atoms with Crippen molar-refractivity contribution in [2.75, 3.05) is 4.43 Å². The van der Waals surface area contributed by atoms with E-state index in [9.17, 15) is 0 Å². The summed E-state index contributed by atoms with van der Waals surface area (Å²) in [6.45, 7) is 4.61. The average Bonchev–Trinajstić information content (AvgIpc) is 2.52. The van der Waals surface area contributed by atoms with E-state index < -0.39 is 0 Å². The molecule has 0 saturated heterocycles. The van der Waals surface area contributed by atoms with Gasteiger partial charge in [-0.1, -0.05) is 0 Å². The first kappa shape index (κ1) is 13.4. The molecule has 1 unspecified atom stereocenters. The third-order valence-corrected chi connectivity index (χ3v) is 11.2. The number of rotatable bonds is 5. The molecule has 1 aromatic rings. The Labute approximate surface area is 121 Å². The molecular formula is C11H16HgIS. The molecule has 75 valence electrons. The first-order valence-electron chi connectivity index (χ1n) is 5.07. The van der Waals surface area contributed by atoms with Crippen molar-refractivity contribution in [2.45, 2.75) is 30.1 Å². The predicted molar refractivity (Wildman–Crippen MR) is 69.2 cm³/mol. The summed E-state index contributed by atoms with van der Waals surface area (Å²) in [5, 5.41) is 2.26. The van der Waals surface area contributed by atoms with Crippen LogP contribution in [0.4, 0.5) is 0 Å². The van der Waals surface area contributed by atoms with Gasteiger partial charge >= 0.3 is 122 Å². The Morgan fingerprint density at radius 2 is 2.14 bits per heavy atom. The van der Waals surface area contributed by atoms with Crippen molar-refractivity contribution in [2.24, 2.45) is 5.92 Å². The first-order valence-corrected chi connectivity index (χ1v) is 10.7. The van der Waals surface area contributed by atoms with Gasteiger partial charge in [0.1, 0.15) is 0 Å². The van der Waals surface area contributed by atoms with Gasteiger partial charge in [0.25, 0.3) is 0 Å². The van der Waals surface area contributed by atoms with E-state index in [-0.39, 0.29) is 0 Å². The average molecular weight is 508 g/mol. The van der Waals surface area contributed by atoms with Crippen molar-refractivity contribution in [1.29, 1.82) is 0 Å². The summed E-state index contributed by atoms with van der Waals surface area (Å²) in [5.74, 6) is 0.792. The van der Waals surface area contributed by atoms with E-state index in [2.05, 4.69) is 47.9 Å². The molecule has 0 spiro atoms. The maximum atomic E-state index is 2.53. The Balaban J connectivity index is 2.62. The summed E-state index contributed by atoms with van der Waals surface area (Å²) in [6, 6.07) is 2.33. The number of hydrogen-bond acceptors (Lipinski definition) is 1. The fraction of sp³-hybridized carbons (Fsp3) is 0.636. The molecule has 3 heteroatoms. The topological polar surface area (TPSA) is 0 Å². The molecule has 0 nitrogen and oxygen atoms in total. The van der Waals surface area contributed by atoms with Crippen molar-refractivity contribution in [3.05, 3.63) is 21.9 Å². The molecule has 14 heavy (non-hydrogen) atoms. The van der Waals surface area contributed by atoms with Crippen molar-refractivity contribution < 1.29 is 26.1 Å². The van der Waals surface area contributed by atoms with E-state index in [0.29, 0.717) is 0 Å². The molecule has 1 atom stereocenters. The fourth-order valence-electron chi connectivity index (χ4n) is 1.48. The Morgan fingerprint density at radius 1 is 1.43 bits per heavy atom. The van der Waals surface area contributed by atoms with Crippen molar-refractivity contribution in [3.8, 4) is 0 Å². The van der Waals surface area contributed by atoms with E-state index in [0.717, 1.165) is 35.5 Å². The minimum atomic E-state index is 0.792. The summed E-state index contributed by atoms with van der Waals surface area (Å²) < 4.78 is 2.36. The van der Waals surface area contributed by atoms with E-state index in [4.69, 9.17) is 0 Å². The Kier molecular flexibility index (Phi) is 6.56.